The molecule has 3 rings (SSSR count). The molecule has 0 saturated carbocycles. The highest BCUT2D eigenvalue weighted by molar-refractivity contribution is 5.71. The van der Waals surface area contributed by atoms with Crippen LogP contribution in [0.5, 0.6) is 0 Å². The highest BCUT2D eigenvalue weighted by atomic mass is 15.2. The monoisotopic (exact) mass is 226 g/mol. The zero-order chi connectivity index (χ0) is 11.5. The van der Waals surface area contributed by atoms with E-state index in [1.165, 1.54) is 11.4 Å². The van der Waals surface area contributed by atoms with Gasteiger partial charge in [-0.2, -0.15) is 0 Å². The average molecular weight is 226 g/mol. The Kier molecular flexibility index (Phi) is 2.62. The third-order valence-corrected chi connectivity index (χ3v) is 2.89. The fraction of sp³-hybridized carbons (Fsp3) is 0.231. The molecule has 0 radical (unpaired) electrons. The summed E-state index contributed by atoms with van der Waals surface area (Å²) in [5.41, 5.74) is 2.42. The molecule has 1 N–H and O–H groups in total. The molecule has 1 aliphatic heterocycles. The zero-order valence-electron chi connectivity index (χ0n) is 9.50. The molecule has 0 amide bonds. The predicted octanol–water partition coefficient (Wildman–Crippen LogP) is 1.91. The van der Waals surface area contributed by atoms with Crippen molar-refractivity contribution in [2.75, 3.05) is 23.3 Å². The van der Waals surface area contributed by atoms with Crippen LogP contribution in [-0.2, 0) is 6.54 Å². The molecule has 2 aromatic rings. The lowest BCUT2D eigenvalue weighted by atomic mass is 10.2. The van der Waals surface area contributed by atoms with E-state index in [1.807, 2.05) is 12.1 Å². The van der Waals surface area contributed by atoms with Crippen LogP contribution in [0.4, 0.5) is 11.4 Å². The second-order valence-corrected chi connectivity index (χ2v) is 4.03. The van der Waals surface area contributed by atoms with E-state index in [0.29, 0.717) is 0 Å². The predicted molar refractivity (Wildman–Crippen MR) is 68.0 cm³/mol. The van der Waals surface area contributed by atoms with Crippen molar-refractivity contribution in [1.29, 1.82) is 0 Å². The van der Waals surface area contributed by atoms with E-state index in [-0.39, 0.29) is 0 Å². The molecule has 0 bridgehead atoms. The van der Waals surface area contributed by atoms with E-state index >= 15 is 0 Å². The molecule has 1 aromatic heterocycles. The van der Waals surface area contributed by atoms with Crippen molar-refractivity contribution in [3.05, 3.63) is 48.5 Å². The molecule has 0 atom stereocenters. The summed E-state index contributed by atoms with van der Waals surface area (Å²) in [5, 5.41) is 3.40. The first-order chi connectivity index (χ1) is 8.43. The summed E-state index contributed by atoms with van der Waals surface area (Å²) in [6, 6.07) is 10.2. The smallest absolute Gasteiger partial charge is 0.147 e. The Hall–Kier alpha value is -2.10. The minimum atomic E-state index is 0.763. The molecule has 2 heterocycles. The standard InChI is InChI=1S/C13H14N4/c1-2-5-12-11(4-1)14-8-9-17(12)10-13-15-6-3-7-16-13/h1-7,14H,8-10H2. The molecule has 17 heavy (non-hydrogen) atoms. The average Bonchev–Trinajstić information content (AvgIpc) is 2.40. The van der Waals surface area contributed by atoms with Gasteiger partial charge in [-0.3, -0.25) is 0 Å². The van der Waals surface area contributed by atoms with Gasteiger partial charge >= 0.3 is 0 Å². The summed E-state index contributed by atoms with van der Waals surface area (Å²) >= 11 is 0. The number of hydrogen-bond donors (Lipinski definition) is 1. The maximum Gasteiger partial charge on any atom is 0.147 e. The van der Waals surface area contributed by atoms with E-state index in [4.69, 9.17) is 0 Å². The molecule has 0 fully saturated rings. The summed E-state index contributed by atoms with van der Waals surface area (Å²) in [7, 11) is 0. The van der Waals surface area contributed by atoms with Gasteiger partial charge < -0.3 is 10.2 Å². The van der Waals surface area contributed by atoms with Gasteiger partial charge in [-0.05, 0) is 18.2 Å². The fourth-order valence-electron chi connectivity index (χ4n) is 2.09. The summed E-state index contributed by atoms with van der Waals surface area (Å²) in [6.07, 6.45) is 3.58. The van der Waals surface area contributed by atoms with Crippen molar-refractivity contribution >= 4 is 11.4 Å². The molecular formula is C13H14N4. The second-order valence-electron chi connectivity index (χ2n) is 4.03. The van der Waals surface area contributed by atoms with Crippen molar-refractivity contribution in [2.24, 2.45) is 0 Å². The van der Waals surface area contributed by atoms with Crippen molar-refractivity contribution in [3.63, 3.8) is 0 Å². The molecule has 4 nitrogen and oxygen atoms in total. The van der Waals surface area contributed by atoms with Crippen LogP contribution >= 0.6 is 0 Å². The summed E-state index contributed by atoms with van der Waals surface area (Å²) < 4.78 is 0. The van der Waals surface area contributed by atoms with Gasteiger partial charge in [-0.15, -0.1) is 0 Å². The Morgan fingerprint density at radius 2 is 1.94 bits per heavy atom. The van der Waals surface area contributed by atoms with Crippen LogP contribution in [0.1, 0.15) is 5.82 Å². The van der Waals surface area contributed by atoms with E-state index in [2.05, 4.69) is 38.4 Å². The molecule has 4 heteroatoms. The number of aromatic nitrogens is 2. The van der Waals surface area contributed by atoms with Gasteiger partial charge in [-0.25, -0.2) is 9.97 Å². The summed E-state index contributed by atoms with van der Waals surface area (Å²) in [4.78, 5) is 10.9. The van der Waals surface area contributed by atoms with Gasteiger partial charge in [0.2, 0.25) is 0 Å². The topological polar surface area (TPSA) is 41.1 Å². The van der Waals surface area contributed by atoms with E-state index in [0.717, 1.165) is 25.5 Å². The van der Waals surface area contributed by atoms with Crippen LogP contribution < -0.4 is 10.2 Å². The van der Waals surface area contributed by atoms with Gasteiger partial charge in [0.15, 0.2) is 0 Å². The third-order valence-electron chi connectivity index (χ3n) is 2.89. The van der Waals surface area contributed by atoms with Gasteiger partial charge in [0, 0.05) is 25.5 Å². The van der Waals surface area contributed by atoms with Gasteiger partial charge in [0.1, 0.15) is 5.82 Å². The zero-order valence-corrected chi connectivity index (χ0v) is 9.50. The number of nitrogens with zero attached hydrogens (tertiary/aromatic N) is 3. The Bertz CT molecular complexity index is 498. The fourth-order valence-corrected chi connectivity index (χ4v) is 2.09. The Balaban J connectivity index is 1.86. The largest absolute Gasteiger partial charge is 0.382 e. The van der Waals surface area contributed by atoms with Crippen molar-refractivity contribution in [2.45, 2.75) is 6.54 Å². The van der Waals surface area contributed by atoms with Crippen LogP contribution in [-0.4, -0.2) is 23.1 Å². The number of para-hydroxylation sites is 2. The molecule has 86 valence electrons. The minimum absolute atomic E-state index is 0.763. The molecule has 0 saturated heterocycles. The van der Waals surface area contributed by atoms with Crippen molar-refractivity contribution < 1.29 is 0 Å². The summed E-state index contributed by atoms with van der Waals surface area (Å²) in [6.45, 7) is 2.71. The van der Waals surface area contributed by atoms with Crippen molar-refractivity contribution in [3.8, 4) is 0 Å². The van der Waals surface area contributed by atoms with Gasteiger partial charge in [-0.1, -0.05) is 12.1 Å². The maximum atomic E-state index is 4.27. The van der Waals surface area contributed by atoms with Gasteiger partial charge in [0.25, 0.3) is 0 Å². The molecule has 1 aromatic carbocycles. The molecule has 0 unspecified atom stereocenters. The lowest BCUT2D eigenvalue weighted by molar-refractivity contribution is 0.749. The molecule has 0 aliphatic carbocycles. The lowest BCUT2D eigenvalue weighted by Gasteiger charge is -2.31. The van der Waals surface area contributed by atoms with Crippen LogP contribution in [0.25, 0.3) is 0 Å². The van der Waals surface area contributed by atoms with E-state index < -0.39 is 0 Å². The van der Waals surface area contributed by atoms with Crippen LogP contribution in [0.2, 0.25) is 0 Å². The first-order valence-electron chi connectivity index (χ1n) is 5.77. The van der Waals surface area contributed by atoms with E-state index in [1.54, 1.807) is 12.4 Å². The van der Waals surface area contributed by atoms with Crippen LogP contribution in [0.3, 0.4) is 0 Å². The normalized spacial score (nSPS) is 14.0. The SMILES string of the molecule is c1cnc(CN2CCNc3ccccc32)nc1. The number of nitrogens with one attached hydrogen (secondary N) is 1. The Morgan fingerprint density at radius 3 is 2.82 bits per heavy atom. The number of fused-ring (bicyclic) bond motifs is 1. The first-order valence-corrected chi connectivity index (χ1v) is 5.77. The van der Waals surface area contributed by atoms with Crippen LogP contribution in [0, 0.1) is 0 Å². The van der Waals surface area contributed by atoms with E-state index in [9.17, 15) is 0 Å². The van der Waals surface area contributed by atoms with Crippen LogP contribution in [0.15, 0.2) is 42.7 Å². The number of benzene rings is 1. The Labute approximate surface area is 100 Å². The second kappa shape index (κ2) is 4.41. The maximum absolute atomic E-state index is 4.27. The minimum Gasteiger partial charge on any atom is -0.382 e. The number of anilines is 2. The molecular weight excluding hydrogens is 212 g/mol. The highest BCUT2D eigenvalue weighted by Gasteiger charge is 2.16. The van der Waals surface area contributed by atoms with Crippen molar-refractivity contribution in [1.82, 2.24) is 9.97 Å². The molecule has 0 spiro atoms. The molecule has 1 aliphatic rings. The quantitative estimate of drug-likeness (QED) is 0.849. The third kappa shape index (κ3) is 2.06. The van der Waals surface area contributed by atoms with Gasteiger partial charge in [0.05, 0.1) is 17.9 Å². The first kappa shape index (κ1) is 10.1. The lowest BCUT2D eigenvalue weighted by Crippen LogP contribution is -2.33. The number of hydrogen-bond acceptors (Lipinski definition) is 4. The number of rotatable bonds is 2. The Morgan fingerprint density at radius 1 is 1.12 bits per heavy atom. The highest BCUT2D eigenvalue weighted by Crippen LogP contribution is 2.28. The summed E-state index contributed by atoms with van der Waals surface area (Å²) in [5.74, 6) is 0.865.